The molecule has 7 heteroatoms. The highest BCUT2D eigenvalue weighted by molar-refractivity contribution is 5.73. The number of hydrogen-bond acceptors (Lipinski definition) is 4. The second-order valence-corrected chi connectivity index (χ2v) is 2.64. The second kappa shape index (κ2) is 5.92. The molecule has 0 rings (SSSR count). The van der Waals surface area contributed by atoms with E-state index in [0.717, 1.165) is 4.90 Å². The molecule has 0 aromatic rings. The summed E-state index contributed by atoms with van der Waals surface area (Å²) in [5, 5.41) is 25.1. The lowest BCUT2D eigenvalue weighted by molar-refractivity contribution is -0.144. The van der Waals surface area contributed by atoms with Gasteiger partial charge in [0.25, 0.3) is 0 Å². The number of aliphatic carboxylic acids is 3. The smallest absolute Gasteiger partial charge is 0.317 e. The Labute approximate surface area is 79.6 Å². The van der Waals surface area contributed by atoms with Crippen LogP contribution in [0.1, 0.15) is 6.42 Å². The summed E-state index contributed by atoms with van der Waals surface area (Å²) in [5.41, 5.74) is 0. The van der Waals surface area contributed by atoms with Crippen molar-refractivity contribution in [1.29, 1.82) is 0 Å². The van der Waals surface area contributed by atoms with Crippen molar-refractivity contribution >= 4 is 17.9 Å². The van der Waals surface area contributed by atoms with Crippen LogP contribution in [0.15, 0.2) is 0 Å². The van der Waals surface area contributed by atoms with Gasteiger partial charge in [-0.2, -0.15) is 0 Å². The van der Waals surface area contributed by atoms with Crippen LogP contribution in [0.3, 0.4) is 0 Å². The molecule has 80 valence electrons. The Balaban J connectivity index is 4.03. The van der Waals surface area contributed by atoms with Gasteiger partial charge < -0.3 is 15.3 Å². The average Bonchev–Trinajstić information content (AvgIpc) is 1.97. The Bertz CT molecular complexity index is 222. The van der Waals surface area contributed by atoms with Crippen LogP contribution in [0.2, 0.25) is 0 Å². The fourth-order valence-corrected chi connectivity index (χ4v) is 0.850. The first kappa shape index (κ1) is 12.4. The normalized spacial score (nSPS) is 10.1. The summed E-state index contributed by atoms with van der Waals surface area (Å²) in [4.78, 5) is 31.7. The number of rotatable bonds is 7. The molecule has 0 aromatic carbocycles. The number of carboxylic acids is 3. The molecule has 0 aliphatic heterocycles. The predicted molar refractivity (Wildman–Crippen MR) is 44.0 cm³/mol. The summed E-state index contributed by atoms with van der Waals surface area (Å²) >= 11 is 0. The highest BCUT2D eigenvalue weighted by atomic mass is 16.4. The van der Waals surface area contributed by atoms with Gasteiger partial charge in [-0.15, -0.1) is 0 Å². The fourth-order valence-electron chi connectivity index (χ4n) is 0.850. The maximum Gasteiger partial charge on any atom is 0.317 e. The van der Waals surface area contributed by atoms with E-state index in [1.807, 2.05) is 0 Å². The van der Waals surface area contributed by atoms with Crippen molar-refractivity contribution < 1.29 is 29.7 Å². The van der Waals surface area contributed by atoms with Crippen LogP contribution in [0.5, 0.6) is 0 Å². The van der Waals surface area contributed by atoms with Gasteiger partial charge in [-0.1, -0.05) is 0 Å². The minimum absolute atomic E-state index is 0.0894. The summed E-state index contributed by atoms with van der Waals surface area (Å²) in [6.07, 6.45) is -0.277. The van der Waals surface area contributed by atoms with Gasteiger partial charge >= 0.3 is 17.9 Å². The van der Waals surface area contributed by atoms with Crippen molar-refractivity contribution in [3.63, 3.8) is 0 Å². The zero-order valence-electron chi connectivity index (χ0n) is 7.34. The Morgan fingerprint density at radius 2 is 1.29 bits per heavy atom. The molecule has 0 aliphatic carbocycles. The minimum Gasteiger partial charge on any atom is -0.481 e. The van der Waals surface area contributed by atoms with Crippen LogP contribution in [-0.4, -0.2) is 57.8 Å². The SMILES string of the molecule is O=C(O)CCN(CC(=O)O)CC(=O)O. The third-order valence-corrected chi connectivity index (χ3v) is 1.36. The molecule has 0 amide bonds. The van der Waals surface area contributed by atoms with Crippen LogP contribution in [-0.2, 0) is 14.4 Å². The molecule has 0 radical (unpaired) electrons. The first-order valence-electron chi connectivity index (χ1n) is 3.79. The lowest BCUT2D eigenvalue weighted by atomic mass is 10.3. The van der Waals surface area contributed by atoms with Crippen LogP contribution >= 0.6 is 0 Å². The van der Waals surface area contributed by atoms with Crippen molar-refractivity contribution in [2.45, 2.75) is 6.42 Å². The molecule has 0 fully saturated rings. The number of carbonyl (C=O) groups is 3. The van der Waals surface area contributed by atoms with E-state index >= 15 is 0 Å². The summed E-state index contributed by atoms with van der Waals surface area (Å²) in [6, 6.07) is 0. The molecular formula is C7H11NO6. The lowest BCUT2D eigenvalue weighted by Crippen LogP contribution is -2.35. The molecular weight excluding hydrogens is 194 g/mol. The largest absolute Gasteiger partial charge is 0.481 e. The molecule has 0 bridgehead atoms. The number of nitrogens with zero attached hydrogens (tertiary/aromatic N) is 1. The Kier molecular flexibility index (Phi) is 5.23. The molecule has 0 saturated carbocycles. The van der Waals surface area contributed by atoms with Gasteiger partial charge in [-0.25, -0.2) is 0 Å². The third-order valence-electron chi connectivity index (χ3n) is 1.36. The maximum absolute atomic E-state index is 10.3. The van der Waals surface area contributed by atoms with E-state index in [9.17, 15) is 14.4 Å². The van der Waals surface area contributed by atoms with Crippen LogP contribution < -0.4 is 0 Å². The number of carboxylic acid groups (broad SMARTS) is 3. The lowest BCUT2D eigenvalue weighted by Gasteiger charge is -2.16. The van der Waals surface area contributed by atoms with Crippen molar-refractivity contribution in [3.8, 4) is 0 Å². The molecule has 0 spiro atoms. The Morgan fingerprint density at radius 3 is 1.57 bits per heavy atom. The summed E-state index contributed by atoms with van der Waals surface area (Å²) < 4.78 is 0. The average molecular weight is 205 g/mol. The van der Waals surface area contributed by atoms with Gasteiger partial charge in [0.15, 0.2) is 0 Å². The maximum atomic E-state index is 10.3. The molecule has 0 unspecified atom stereocenters. The van der Waals surface area contributed by atoms with Gasteiger partial charge in [0, 0.05) is 6.54 Å². The quantitative estimate of drug-likeness (QED) is 0.484. The highest BCUT2D eigenvalue weighted by Crippen LogP contribution is 1.91. The summed E-state index contributed by atoms with van der Waals surface area (Å²) in [6.45, 7) is -1.03. The summed E-state index contributed by atoms with van der Waals surface area (Å²) in [5.74, 6) is -3.46. The Hall–Kier alpha value is -1.63. The first-order chi connectivity index (χ1) is 6.41. The molecule has 0 aliphatic rings. The highest BCUT2D eigenvalue weighted by Gasteiger charge is 2.14. The van der Waals surface area contributed by atoms with E-state index in [1.54, 1.807) is 0 Å². The van der Waals surface area contributed by atoms with Gasteiger partial charge in [0.2, 0.25) is 0 Å². The predicted octanol–water partition coefficient (Wildman–Crippen LogP) is -1.07. The van der Waals surface area contributed by atoms with Gasteiger partial charge in [-0.3, -0.25) is 19.3 Å². The Morgan fingerprint density at radius 1 is 0.857 bits per heavy atom. The van der Waals surface area contributed by atoms with E-state index in [1.165, 1.54) is 0 Å². The molecule has 0 aromatic heterocycles. The zero-order chi connectivity index (χ0) is 11.1. The fraction of sp³-hybridized carbons (Fsp3) is 0.571. The minimum atomic E-state index is -1.18. The molecule has 0 heterocycles. The molecule has 7 nitrogen and oxygen atoms in total. The van der Waals surface area contributed by atoms with Gasteiger partial charge in [0.1, 0.15) is 0 Å². The van der Waals surface area contributed by atoms with Crippen LogP contribution in [0.25, 0.3) is 0 Å². The topological polar surface area (TPSA) is 115 Å². The van der Waals surface area contributed by atoms with Gasteiger partial charge in [-0.05, 0) is 0 Å². The van der Waals surface area contributed by atoms with E-state index < -0.39 is 31.0 Å². The third kappa shape index (κ3) is 7.04. The van der Waals surface area contributed by atoms with E-state index in [2.05, 4.69) is 0 Å². The zero-order valence-corrected chi connectivity index (χ0v) is 7.34. The van der Waals surface area contributed by atoms with Crippen LogP contribution in [0.4, 0.5) is 0 Å². The number of hydrogen-bond donors (Lipinski definition) is 3. The van der Waals surface area contributed by atoms with Crippen LogP contribution in [0, 0.1) is 0 Å². The van der Waals surface area contributed by atoms with E-state index in [0.29, 0.717) is 0 Å². The standard InChI is InChI=1S/C7H11NO6/c9-5(10)1-2-8(3-6(11)12)4-7(13)14/h1-4H2,(H,9,10)(H,11,12)(H,13,14). The molecule has 0 atom stereocenters. The molecule has 3 N–H and O–H groups in total. The van der Waals surface area contributed by atoms with Crippen molar-refractivity contribution in [3.05, 3.63) is 0 Å². The van der Waals surface area contributed by atoms with Crippen molar-refractivity contribution in [2.75, 3.05) is 19.6 Å². The van der Waals surface area contributed by atoms with Crippen molar-refractivity contribution in [2.24, 2.45) is 0 Å². The summed E-state index contributed by atoms with van der Waals surface area (Å²) in [7, 11) is 0. The molecule has 0 saturated heterocycles. The monoisotopic (exact) mass is 205 g/mol. The van der Waals surface area contributed by atoms with Crippen molar-refractivity contribution in [1.82, 2.24) is 4.90 Å². The molecule has 14 heavy (non-hydrogen) atoms. The van der Waals surface area contributed by atoms with E-state index in [-0.39, 0.29) is 13.0 Å². The first-order valence-corrected chi connectivity index (χ1v) is 3.79. The van der Waals surface area contributed by atoms with E-state index in [4.69, 9.17) is 15.3 Å². The second-order valence-electron chi connectivity index (χ2n) is 2.64. The van der Waals surface area contributed by atoms with Gasteiger partial charge in [0.05, 0.1) is 19.5 Å².